The third kappa shape index (κ3) is 0.841. The normalized spacial score (nSPS) is 23.2. The Morgan fingerprint density at radius 2 is 2.31 bits per heavy atom. The van der Waals surface area contributed by atoms with Crippen LogP contribution in [-0.2, 0) is 0 Å². The predicted octanol–water partition coefficient (Wildman–Crippen LogP) is 2.71. The molecule has 0 spiro atoms. The Labute approximate surface area is 81.7 Å². The Morgan fingerprint density at radius 1 is 1.46 bits per heavy atom. The summed E-state index contributed by atoms with van der Waals surface area (Å²) in [6.07, 6.45) is 4.68. The van der Waals surface area contributed by atoms with Gasteiger partial charge in [-0.25, -0.2) is 9.97 Å². The molecule has 0 aliphatic heterocycles. The molecule has 0 amide bonds. The third-order valence-electron chi connectivity index (χ3n) is 2.93. The number of aromatic nitrogens is 2. The molecule has 3 rings (SSSR count). The number of fused-ring (bicyclic) bond motifs is 4. The van der Waals surface area contributed by atoms with Crippen molar-refractivity contribution in [1.29, 1.82) is 0 Å². The maximum Gasteiger partial charge on any atom is 0.223 e. The van der Waals surface area contributed by atoms with Crippen molar-refractivity contribution >= 4 is 17.2 Å². The Balaban J connectivity index is 2.26. The molecular formula is C10H9ClN2. The van der Waals surface area contributed by atoms with Gasteiger partial charge in [0, 0.05) is 17.2 Å². The van der Waals surface area contributed by atoms with Gasteiger partial charge in [-0.3, -0.25) is 0 Å². The Bertz CT molecular complexity index is 423. The van der Waals surface area contributed by atoms with Crippen LogP contribution in [0.15, 0.2) is 6.08 Å². The third-order valence-corrected chi connectivity index (χ3v) is 3.09. The number of hydrogen-bond donors (Lipinski definition) is 0. The molecule has 0 bridgehead atoms. The lowest BCUT2D eigenvalue weighted by atomic mass is 9.77. The highest BCUT2D eigenvalue weighted by molar-refractivity contribution is 6.28. The van der Waals surface area contributed by atoms with Crippen LogP contribution in [0.5, 0.6) is 0 Å². The van der Waals surface area contributed by atoms with Gasteiger partial charge in [0.2, 0.25) is 5.28 Å². The molecule has 2 aliphatic rings. The highest BCUT2D eigenvalue weighted by Crippen LogP contribution is 2.52. The fourth-order valence-electron chi connectivity index (χ4n) is 2.37. The molecule has 1 aromatic heterocycles. The van der Waals surface area contributed by atoms with Crippen LogP contribution < -0.4 is 0 Å². The van der Waals surface area contributed by atoms with Gasteiger partial charge in [0.05, 0.1) is 5.69 Å². The first kappa shape index (κ1) is 7.51. The molecule has 66 valence electrons. The van der Waals surface area contributed by atoms with Crippen molar-refractivity contribution in [2.45, 2.75) is 25.7 Å². The zero-order valence-electron chi connectivity index (χ0n) is 7.34. The van der Waals surface area contributed by atoms with Gasteiger partial charge in [-0.1, -0.05) is 6.08 Å². The van der Waals surface area contributed by atoms with Gasteiger partial charge >= 0.3 is 0 Å². The molecule has 0 fully saturated rings. The molecule has 0 saturated heterocycles. The lowest BCUT2D eigenvalue weighted by Gasteiger charge is -2.29. The second-order valence-corrected chi connectivity index (χ2v) is 3.97. The van der Waals surface area contributed by atoms with Crippen molar-refractivity contribution in [3.05, 3.63) is 28.3 Å². The molecule has 0 N–H and O–H groups in total. The van der Waals surface area contributed by atoms with E-state index >= 15 is 0 Å². The maximum atomic E-state index is 5.80. The minimum atomic E-state index is 0.377. The number of allylic oxidation sites excluding steroid dienone is 2. The van der Waals surface area contributed by atoms with Gasteiger partial charge in [0.25, 0.3) is 0 Å². The summed E-state index contributed by atoms with van der Waals surface area (Å²) in [5.74, 6) is 0.618. The summed E-state index contributed by atoms with van der Waals surface area (Å²) in [6, 6.07) is 0. The molecule has 0 saturated carbocycles. The van der Waals surface area contributed by atoms with Crippen LogP contribution in [0, 0.1) is 6.92 Å². The topological polar surface area (TPSA) is 25.8 Å². The Hall–Kier alpha value is -0.890. The lowest BCUT2D eigenvalue weighted by molar-refractivity contribution is 0.744. The first-order valence-corrected chi connectivity index (χ1v) is 4.89. The monoisotopic (exact) mass is 192 g/mol. The molecule has 0 aromatic carbocycles. The van der Waals surface area contributed by atoms with E-state index in [4.69, 9.17) is 11.6 Å². The number of aryl methyl sites for hydroxylation is 1. The molecular weight excluding hydrogens is 184 g/mol. The average Bonchev–Trinajstić information content (AvgIpc) is 2.43. The SMILES string of the molecule is Cc1nc(Cl)nc2c1C1CCC=C21. The fourth-order valence-corrected chi connectivity index (χ4v) is 2.58. The average molecular weight is 193 g/mol. The highest BCUT2D eigenvalue weighted by atomic mass is 35.5. The van der Waals surface area contributed by atoms with Crippen molar-refractivity contribution < 1.29 is 0 Å². The van der Waals surface area contributed by atoms with E-state index in [-0.39, 0.29) is 0 Å². The summed E-state index contributed by atoms with van der Waals surface area (Å²) >= 11 is 5.80. The first-order valence-electron chi connectivity index (χ1n) is 4.52. The summed E-state index contributed by atoms with van der Waals surface area (Å²) in [7, 11) is 0. The summed E-state index contributed by atoms with van der Waals surface area (Å²) in [5, 5.41) is 0.377. The van der Waals surface area contributed by atoms with Crippen LogP contribution in [0.1, 0.15) is 35.7 Å². The summed E-state index contributed by atoms with van der Waals surface area (Å²) < 4.78 is 0. The molecule has 2 aliphatic carbocycles. The van der Waals surface area contributed by atoms with Crippen molar-refractivity contribution in [1.82, 2.24) is 9.97 Å². The van der Waals surface area contributed by atoms with E-state index in [2.05, 4.69) is 16.0 Å². The minimum absolute atomic E-state index is 0.377. The van der Waals surface area contributed by atoms with Crippen molar-refractivity contribution in [2.24, 2.45) is 0 Å². The lowest BCUT2D eigenvalue weighted by Crippen LogP contribution is -2.18. The standard InChI is InChI=1S/C10H9ClN2/c1-5-8-6-3-2-4-7(6)9(8)13-10(11)12-5/h4,6H,2-3H2,1H3. The van der Waals surface area contributed by atoms with Gasteiger partial charge in [0.1, 0.15) is 0 Å². The second kappa shape index (κ2) is 2.32. The Kier molecular flexibility index (Phi) is 1.34. The van der Waals surface area contributed by atoms with Gasteiger partial charge in [0.15, 0.2) is 0 Å². The van der Waals surface area contributed by atoms with E-state index in [0.717, 1.165) is 11.4 Å². The van der Waals surface area contributed by atoms with Gasteiger partial charge < -0.3 is 0 Å². The van der Waals surface area contributed by atoms with Crippen LogP contribution in [0.4, 0.5) is 0 Å². The molecule has 13 heavy (non-hydrogen) atoms. The smallest absolute Gasteiger partial charge is 0.223 e. The number of halogens is 1. The molecule has 1 aromatic rings. The molecule has 3 heteroatoms. The highest BCUT2D eigenvalue weighted by Gasteiger charge is 2.38. The van der Waals surface area contributed by atoms with Crippen LogP contribution in [0.25, 0.3) is 5.57 Å². The van der Waals surface area contributed by atoms with E-state index < -0.39 is 0 Å². The number of rotatable bonds is 0. The predicted molar refractivity (Wildman–Crippen MR) is 51.7 cm³/mol. The molecule has 0 radical (unpaired) electrons. The van der Waals surface area contributed by atoms with Crippen LogP contribution in [0.2, 0.25) is 5.28 Å². The van der Waals surface area contributed by atoms with E-state index in [1.54, 1.807) is 0 Å². The van der Waals surface area contributed by atoms with Gasteiger partial charge in [-0.2, -0.15) is 0 Å². The van der Waals surface area contributed by atoms with Crippen molar-refractivity contribution in [3.63, 3.8) is 0 Å². The van der Waals surface area contributed by atoms with Crippen molar-refractivity contribution in [3.8, 4) is 0 Å². The molecule has 1 atom stereocenters. The van der Waals surface area contributed by atoms with Crippen LogP contribution in [0.3, 0.4) is 0 Å². The van der Waals surface area contributed by atoms with Crippen LogP contribution in [-0.4, -0.2) is 9.97 Å². The quantitative estimate of drug-likeness (QED) is 0.591. The van der Waals surface area contributed by atoms with E-state index in [9.17, 15) is 0 Å². The largest absolute Gasteiger partial charge is 0.223 e. The number of nitrogens with zero attached hydrogens (tertiary/aromatic N) is 2. The second-order valence-electron chi connectivity index (χ2n) is 3.63. The molecule has 2 nitrogen and oxygen atoms in total. The van der Waals surface area contributed by atoms with Crippen molar-refractivity contribution in [2.75, 3.05) is 0 Å². The molecule has 1 heterocycles. The van der Waals surface area contributed by atoms with Gasteiger partial charge in [-0.05, 0) is 36.9 Å². The van der Waals surface area contributed by atoms with E-state index in [1.165, 1.54) is 24.0 Å². The Morgan fingerprint density at radius 3 is 3.15 bits per heavy atom. The fraction of sp³-hybridized carbons (Fsp3) is 0.400. The molecule has 1 unspecified atom stereocenters. The zero-order chi connectivity index (χ0) is 9.00. The van der Waals surface area contributed by atoms with Crippen LogP contribution >= 0.6 is 11.6 Å². The first-order chi connectivity index (χ1) is 6.27. The summed E-state index contributed by atoms with van der Waals surface area (Å²) in [5.41, 5.74) is 4.87. The zero-order valence-corrected chi connectivity index (χ0v) is 8.10. The van der Waals surface area contributed by atoms with Gasteiger partial charge in [-0.15, -0.1) is 0 Å². The summed E-state index contributed by atoms with van der Waals surface area (Å²) in [4.78, 5) is 8.42. The number of hydrogen-bond acceptors (Lipinski definition) is 2. The minimum Gasteiger partial charge on any atom is -0.223 e. The van der Waals surface area contributed by atoms with E-state index in [1.807, 2.05) is 6.92 Å². The maximum absolute atomic E-state index is 5.80. The summed E-state index contributed by atoms with van der Waals surface area (Å²) in [6.45, 7) is 2.02. The van der Waals surface area contributed by atoms with E-state index in [0.29, 0.717) is 11.2 Å².